The van der Waals surface area contributed by atoms with E-state index in [1.165, 1.54) is 28.4 Å². The summed E-state index contributed by atoms with van der Waals surface area (Å²) in [4.78, 5) is 0. The summed E-state index contributed by atoms with van der Waals surface area (Å²) in [6.07, 6.45) is 4.69. The van der Waals surface area contributed by atoms with Gasteiger partial charge in [0, 0.05) is 9.11 Å². The molecule has 1 aliphatic rings. The molecule has 2 atom stereocenters. The molecule has 1 saturated carbocycles. The fourth-order valence-electron chi connectivity index (χ4n) is 2.60. The van der Waals surface area contributed by atoms with Crippen LogP contribution in [-0.4, -0.2) is 5.54 Å². The molecule has 0 spiro atoms. The van der Waals surface area contributed by atoms with Gasteiger partial charge in [-0.2, -0.15) is 0 Å². The minimum Gasteiger partial charge on any atom is -0.325 e. The Kier molecular flexibility index (Phi) is 3.36. The Morgan fingerprint density at radius 3 is 2.60 bits per heavy atom. The smallest absolute Gasteiger partial charge is 0.0197 e. The lowest BCUT2D eigenvalue weighted by molar-refractivity contribution is 0.419. The average molecular weight is 315 g/mol. The van der Waals surface area contributed by atoms with Gasteiger partial charge in [-0.25, -0.2) is 0 Å². The van der Waals surface area contributed by atoms with E-state index in [4.69, 9.17) is 5.73 Å². The molecule has 1 aromatic carbocycles. The first-order chi connectivity index (χ1) is 7.07. The molecule has 1 fully saturated rings. The normalized spacial score (nSPS) is 30.7. The molecular weight excluding hydrogens is 297 g/mol. The van der Waals surface area contributed by atoms with E-state index in [1.807, 2.05) is 0 Å². The van der Waals surface area contributed by atoms with Gasteiger partial charge in [-0.1, -0.05) is 19.1 Å². The van der Waals surface area contributed by atoms with Crippen LogP contribution in [0.4, 0.5) is 0 Å². The van der Waals surface area contributed by atoms with E-state index in [0.717, 1.165) is 12.3 Å². The van der Waals surface area contributed by atoms with Crippen LogP contribution in [0.2, 0.25) is 0 Å². The van der Waals surface area contributed by atoms with Crippen molar-refractivity contribution in [2.45, 2.75) is 38.1 Å². The van der Waals surface area contributed by atoms with Crippen molar-refractivity contribution in [2.75, 3.05) is 0 Å². The quantitative estimate of drug-likeness (QED) is 0.832. The van der Waals surface area contributed by atoms with Crippen LogP contribution in [0.25, 0.3) is 0 Å². The zero-order chi connectivity index (χ0) is 10.9. The summed E-state index contributed by atoms with van der Waals surface area (Å²) in [5.74, 6) is 0.804. The summed E-state index contributed by atoms with van der Waals surface area (Å²) in [7, 11) is 0. The standard InChI is InChI=1S/C13H18IN/c1-10-6-7-13(15,8-10)9-11-2-4-12(14)5-3-11/h2-5,10H,6-9,15H2,1H3. The van der Waals surface area contributed by atoms with Crippen LogP contribution in [0.3, 0.4) is 0 Å². The van der Waals surface area contributed by atoms with Crippen LogP contribution in [0.15, 0.2) is 24.3 Å². The zero-order valence-electron chi connectivity index (χ0n) is 9.17. The Bertz CT molecular complexity index is 333. The molecular formula is C13H18IN. The monoisotopic (exact) mass is 315 g/mol. The highest BCUT2D eigenvalue weighted by Gasteiger charge is 2.33. The molecule has 1 aliphatic carbocycles. The van der Waals surface area contributed by atoms with E-state index in [1.54, 1.807) is 0 Å². The maximum Gasteiger partial charge on any atom is 0.0197 e. The highest BCUT2D eigenvalue weighted by atomic mass is 127. The number of nitrogens with two attached hydrogens (primary N) is 1. The lowest BCUT2D eigenvalue weighted by Crippen LogP contribution is -2.39. The zero-order valence-corrected chi connectivity index (χ0v) is 11.3. The summed E-state index contributed by atoms with van der Waals surface area (Å²) in [5.41, 5.74) is 7.86. The molecule has 1 aromatic rings. The van der Waals surface area contributed by atoms with Crippen molar-refractivity contribution < 1.29 is 0 Å². The molecule has 0 radical (unpaired) electrons. The summed E-state index contributed by atoms with van der Waals surface area (Å²) >= 11 is 2.34. The van der Waals surface area contributed by atoms with Gasteiger partial charge < -0.3 is 5.73 Å². The fraction of sp³-hybridized carbons (Fsp3) is 0.538. The van der Waals surface area contributed by atoms with Gasteiger partial charge >= 0.3 is 0 Å². The number of rotatable bonds is 2. The molecule has 0 aromatic heterocycles. The largest absolute Gasteiger partial charge is 0.325 e. The Morgan fingerprint density at radius 1 is 1.40 bits per heavy atom. The topological polar surface area (TPSA) is 26.0 Å². The molecule has 0 heterocycles. The molecule has 15 heavy (non-hydrogen) atoms. The lowest BCUT2D eigenvalue weighted by Gasteiger charge is -2.24. The minimum absolute atomic E-state index is 0.0617. The van der Waals surface area contributed by atoms with Crippen molar-refractivity contribution in [3.8, 4) is 0 Å². The van der Waals surface area contributed by atoms with Gasteiger partial charge in [-0.3, -0.25) is 0 Å². The third-order valence-corrected chi connectivity index (χ3v) is 4.08. The third-order valence-electron chi connectivity index (χ3n) is 3.36. The number of hydrogen-bond acceptors (Lipinski definition) is 1. The molecule has 2 unspecified atom stereocenters. The molecule has 2 rings (SSSR count). The molecule has 1 nitrogen and oxygen atoms in total. The Hall–Kier alpha value is -0.0900. The Balaban J connectivity index is 2.05. The van der Waals surface area contributed by atoms with Crippen molar-refractivity contribution in [1.29, 1.82) is 0 Å². The van der Waals surface area contributed by atoms with Crippen LogP contribution in [0.5, 0.6) is 0 Å². The second-order valence-corrected chi connectivity index (χ2v) is 6.26. The molecule has 0 amide bonds. The van der Waals surface area contributed by atoms with Gasteiger partial charge in [0.15, 0.2) is 0 Å². The van der Waals surface area contributed by atoms with Gasteiger partial charge in [0.2, 0.25) is 0 Å². The minimum atomic E-state index is 0.0617. The van der Waals surface area contributed by atoms with Gasteiger partial charge in [0.1, 0.15) is 0 Å². The average Bonchev–Trinajstić information content (AvgIpc) is 2.50. The Morgan fingerprint density at radius 2 is 2.07 bits per heavy atom. The van der Waals surface area contributed by atoms with Crippen LogP contribution in [0, 0.1) is 9.49 Å². The van der Waals surface area contributed by atoms with Crippen molar-refractivity contribution >= 4 is 22.6 Å². The van der Waals surface area contributed by atoms with E-state index in [-0.39, 0.29) is 5.54 Å². The third kappa shape index (κ3) is 2.94. The first-order valence-corrected chi connectivity index (χ1v) is 6.69. The van der Waals surface area contributed by atoms with Crippen LogP contribution in [-0.2, 0) is 6.42 Å². The van der Waals surface area contributed by atoms with Gasteiger partial charge in [-0.15, -0.1) is 0 Å². The van der Waals surface area contributed by atoms with Crippen molar-refractivity contribution in [2.24, 2.45) is 11.7 Å². The second kappa shape index (κ2) is 4.42. The highest BCUT2D eigenvalue weighted by Crippen LogP contribution is 2.34. The van der Waals surface area contributed by atoms with E-state index >= 15 is 0 Å². The summed E-state index contributed by atoms with van der Waals surface area (Å²) < 4.78 is 1.29. The van der Waals surface area contributed by atoms with Gasteiger partial charge in [0.05, 0.1) is 0 Å². The summed E-state index contributed by atoms with van der Waals surface area (Å²) in [6, 6.07) is 8.74. The summed E-state index contributed by atoms with van der Waals surface area (Å²) in [5, 5.41) is 0. The number of benzene rings is 1. The highest BCUT2D eigenvalue weighted by molar-refractivity contribution is 14.1. The molecule has 2 N–H and O–H groups in total. The summed E-state index contributed by atoms with van der Waals surface area (Å²) in [6.45, 7) is 2.31. The fourth-order valence-corrected chi connectivity index (χ4v) is 2.96. The first kappa shape index (κ1) is 11.4. The SMILES string of the molecule is CC1CCC(N)(Cc2ccc(I)cc2)C1. The van der Waals surface area contributed by atoms with Gasteiger partial charge in [-0.05, 0) is 71.9 Å². The predicted octanol–water partition coefficient (Wildman–Crippen LogP) is 3.35. The maximum atomic E-state index is 6.42. The lowest BCUT2D eigenvalue weighted by atomic mass is 9.89. The molecule has 0 aliphatic heterocycles. The maximum absolute atomic E-state index is 6.42. The Labute approximate surface area is 106 Å². The molecule has 82 valence electrons. The van der Waals surface area contributed by atoms with Crippen molar-refractivity contribution in [1.82, 2.24) is 0 Å². The first-order valence-electron chi connectivity index (χ1n) is 5.61. The van der Waals surface area contributed by atoms with Crippen LogP contribution < -0.4 is 5.73 Å². The van der Waals surface area contributed by atoms with E-state index < -0.39 is 0 Å². The molecule has 0 saturated heterocycles. The van der Waals surface area contributed by atoms with Crippen molar-refractivity contribution in [3.63, 3.8) is 0 Å². The second-order valence-electron chi connectivity index (χ2n) is 5.01. The molecule has 2 heteroatoms. The molecule has 0 bridgehead atoms. The number of halogens is 1. The number of hydrogen-bond donors (Lipinski definition) is 1. The van der Waals surface area contributed by atoms with Crippen LogP contribution in [0.1, 0.15) is 31.7 Å². The van der Waals surface area contributed by atoms with Crippen LogP contribution >= 0.6 is 22.6 Å². The predicted molar refractivity (Wildman–Crippen MR) is 72.8 cm³/mol. The van der Waals surface area contributed by atoms with Gasteiger partial charge in [0.25, 0.3) is 0 Å². The van der Waals surface area contributed by atoms with E-state index in [9.17, 15) is 0 Å². The van der Waals surface area contributed by atoms with E-state index in [2.05, 4.69) is 53.8 Å². The van der Waals surface area contributed by atoms with Crippen molar-refractivity contribution in [3.05, 3.63) is 33.4 Å². The van der Waals surface area contributed by atoms with E-state index in [0.29, 0.717) is 0 Å².